The number of para-hydroxylation sites is 1. The molecular formula is C14H17F3N2O3. The Bertz CT molecular complexity index is 540. The van der Waals surface area contributed by atoms with E-state index < -0.39 is 17.9 Å². The van der Waals surface area contributed by atoms with Gasteiger partial charge in [-0.3, -0.25) is 9.69 Å². The van der Waals surface area contributed by atoms with Crippen molar-refractivity contribution in [3.05, 3.63) is 29.8 Å². The molecule has 0 bridgehead atoms. The Morgan fingerprint density at radius 2 is 1.91 bits per heavy atom. The third kappa shape index (κ3) is 4.11. The Hall–Kier alpha value is -1.80. The maximum atomic E-state index is 12.4. The molecule has 3 N–H and O–H groups in total. The number of halogens is 3. The number of hydrogen-bond acceptors (Lipinski definition) is 4. The molecule has 22 heavy (non-hydrogen) atoms. The second-order valence-electron chi connectivity index (χ2n) is 5.39. The molecule has 122 valence electrons. The fraction of sp³-hybridized carbons (Fsp3) is 0.500. The van der Waals surface area contributed by atoms with Crippen molar-refractivity contribution in [2.45, 2.75) is 31.3 Å². The Kier molecular flexibility index (Phi) is 4.62. The van der Waals surface area contributed by atoms with Crippen LogP contribution in [0.25, 0.3) is 0 Å². The van der Waals surface area contributed by atoms with Crippen molar-refractivity contribution in [3.63, 3.8) is 0 Å². The molecule has 0 saturated carbocycles. The highest BCUT2D eigenvalue weighted by atomic mass is 19.4. The summed E-state index contributed by atoms with van der Waals surface area (Å²) in [6.45, 7) is 1.06. The summed E-state index contributed by atoms with van der Waals surface area (Å²) in [4.78, 5) is 12.9. The fourth-order valence-corrected chi connectivity index (χ4v) is 2.42. The molecule has 0 spiro atoms. The normalized spacial score (nSPS) is 18.9. The number of ether oxygens (including phenoxy) is 1. The van der Waals surface area contributed by atoms with E-state index in [1.54, 1.807) is 12.1 Å². The molecule has 8 heteroatoms. The number of hydrogen-bond donors (Lipinski definition) is 2. The molecule has 2 rings (SSSR count). The summed E-state index contributed by atoms with van der Waals surface area (Å²) in [6.07, 6.45) is -4.23. The molecule has 0 amide bonds. The van der Waals surface area contributed by atoms with Crippen LogP contribution in [0, 0.1) is 0 Å². The summed E-state index contributed by atoms with van der Waals surface area (Å²) < 4.78 is 41.1. The highest BCUT2D eigenvalue weighted by Crippen LogP contribution is 2.28. The molecule has 1 aromatic rings. The summed E-state index contributed by atoms with van der Waals surface area (Å²) in [5, 5.41) is 9.06. The highest BCUT2D eigenvalue weighted by Gasteiger charge is 2.38. The first kappa shape index (κ1) is 16.6. The predicted molar refractivity (Wildman–Crippen MR) is 72.2 cm³/mol. The maximum absolute atomic E-state index is 12.4. The zero-order valence-electron chi connectivity index (χ0n) is 11.8. The van der Waals surface area contributed by atoms with Gasteiger partial charge in [0.1, 0.15) is 11.3 Å². The molecule has 1 aromatic carbocycles. The van der Waals surface area contributed by atoms with Crippen molar-refractivity contribution in [1.82, 2.24) is 4.90 Å². The van der Waals surface area contributed by atoms with Crippen LogP contribution < -0.4 is 10.5 Å². The molecule has 5 nitrogen and oxygen atoms in total. The van der Waals surface area contributed by atoms with Crippen molar-refractivity contribution in [2.24, 2.45) is 5.73 Å². The lowest BCUT2D eigenvalue weighted by Gasteiger charge is -2.36. The van der Waals surface area contributed by atoms with Crippen molar-refractivity contribution < 1.29 is 27.8 Å². The summed E-state index contributed by atoms with van der Waals surface area (Å²) in [6, 6.07) is 5.92. The maximum Gasteiger partial charge on any atom is 0.573 e. The van der Waals surface area contributed by atoms with Gasteiger partial charge in [0.05, 0.1) is 0 Å². The van der Waals surface area contributed by atoms with E-state index in [1.807, 2.05) is 4.90 Å². The van der Waals surface area contributed by atoms with Gasteiger partial charge in [0, 0.05) is 25.2 Å². The van der Waals surface area contributed by atoms with Gasteiger partial charge in [-0.05, 0) is 18.9 Å². The molecule has 1 aliphatic rings. The summed E-state index contributed by atoms with van der Waals surface area (Å²) in [5.74, 6) is -1.29. The number of likely N-dealkylation sites (tertiary alicyclic amines) is 1. The van der Waals surface area contributed by atoms with Crippen LogP contribution in [0.3, 0.4) is 0 Å². The lowest BCUT2D eigenvalue weighted by atomic mass is 9.88. The van der Waals surface area contributed by atoms with Gasteiger partial charge in [-0.1, -0.05) is 18.2 Å². The number of piperidine rings is 1. The Labute approximate surface area is 125 Å². The average Bonchev–Trinajstić information content (AvgIpc) is 2.42. The van der Waals surface area contributed by atoms with Crippen molar-refractivity contribution in [3.8, 4) is 5.75 Å². The third-order valence-corrected chi connectivity index (χ3v) is 3.77. The van der Waals surface area contributed by atoms with Crippen LogP contribution >= 0.6 is 0 Å². The average molecular weight is 318 g/mol. The first-order valence-electron chi connectivity index (χ1n) is 6.78. The van der Waals surface area contributed by atoms with Crippen LogP contribution in [-0.2, 0) is 11.3 Å². The summed E-state index contributed by atoms with van der Waals surface area (Å²) >= 11 is 0. The number of carbonyl (C=O) groups is 1. The minimum atomic E-state index is -4.74. The van der Waals surface area contributed by atoms with E-state index in [0.29, 0.717) is 18.7 Å². The Morgan fingerprint density at radius 3 is 2.45 bits per heavy atom. The lowest BCUT2D eigenvalue weighted by Crippen LogP contribution is -2.55. The van der Waals surface area contributed by atoms with Gasteiger partial charge >= 0.3 is 12.3 Å². The number of rotatable bonds is 4. The van der Waals surface area contributed by atoms with Gasteiger partial charge in [-0.15, -0.1) is 13.2 Å². The van der Waals surface area contributed by atoms with Crippen LogP contribution in [0.15, 0.2) is 24.3 Å². The first-order valence-corrected chi connectivity index (χ1v) is 6.78. The smallest absolute Gasteiger partial charge is 0.480 e. The minimum absolute atomic E-state index is 0.238. The third-order valence-electron chi connectivity index (χ3n) is 3.77. The first-order chi connectivity index (χ1) is 10.2. The van der Waals surface area contributed by atoms with Crippen LogP contribution in [0.1, 0.15) is 18.4 Å². The number of aliphatic carboxylic acids is 1. The quantitative estimate of drug-likeness (QED) is 0.887. The van der Waals surface area contributed by atoms with E-state index in [0.717, 1.165) is 0 Å². The van der Waals surface area contributed by atoms with Crippen molar-refractivity contribution in [1.29, 1.82) is 0 Å². The molecule has 0 unspecified atom stereocenters. The fourth-order valence-electron chi connectivity index (χ4n) is 2.42. The van der Waals surface area contributed by atoms with Crippen LogP contribution in [0.4, 0.5) is 13.2 Å². The largest absolute Gasteiger partial charge is 0.573 e. The van der Waals surface area contributed by atoms with Gasteiger partial charge in [-0.2, -0.15) is 0 Å². The molecule has 0 radical (unpaired) electrons. The van der Waals surface area contributed by atoms with Crippen LogP contribution in [-0.4, -0.2) is 41.0 Å². The van der Waals surface area contributed by atoms with E-state index in [9.17, 15) is 18.0 Å². The molecule has 1 heterocycles. The molecule has 0 atom stereocenters. The number of nitrogens with zero attached hydrogens (tertiary/aromatic N) is 1. The van der Waals surface area contributed by atoms with Crippen LogP contribution in [0.2, 0.25) is 0 Å². The van der Waals surface area contributed by atoms with Gasteiger partial charge in [0.2, 0.25) is 0 Å². The summed E-state index contributed by atoms with van der Waals surface area (Å²) in [7, 11) is 0. The molecular weight excluding hydrogens is 301 g/mol. The monoisotopic (exact) mass is 318 g/mol. The van der Waals surface area contributed by atoms with Gasteiger partial charge in [-0.25, -0.2) is 0 Å². The molecule has 1 saturated heterocycles. The van der Waals surface area contributed by atoms with E-state index in [2.05, 4.69) is 4.74 Å². The topological polar surface area (TPSA) is 75.8 Å². The minimum Gasteiger partial charge on any atom is -0.480 e. The number of benzene rings is 1. The zero-order valence-corrected chi connectivity index (χ0v) is 11.8. The van der Waals surface area contributed by atoms with E-state index in [1.165, 1.54) is 12.1 Å². The second-order valence-corrected chi connectivity index (χ2v) is 5.39. The Morgan fingerprint density at radius 1 is 1.32 bits per heavy atom. The van der Waals surface area contributed by atoms with E-state index >= 15 is 0 Å². The van der Waals surface area contributed by atoms with Gasteiger partial charge in [0.25, 0.3) is 0 Å². The predicted octanol–water partition coefficient (Wildman–Crippen LogP) is 1.96. The Balaban J connectivity index is 2.02. The highest BCUT2D eigenvalue weighted by molar-refractivity contribution is 5.78. The van der Waals surface area contributed by atoms with Crippen LogP contribution in [0.5, 0.6) is 5.75 Å². The lowest BCUT2D eigenvalue weighted by molar-refractivity contribution is -0.275. The number of alkyl halides is 3. The van der Waals surface area contributed by atoms with Gasteiger partial charge in [0.15, 0.2) is 0 Å². The van der Waals surface area contributed by atoms with E-state index in [-0.39, 0.29) is 25.1 Å². The van der Waals surface area contributed by atoms with Crippen molar-refractivity contribution in [2.75, 3.05) is 13.1 Å². The van der Waals surface area contributed by atoms with Crippen molar-refractivity contribution >= 4 is 5.97 Å². The molecule has 0 aliphatic carbocycles. The molecule has 1 fully saturated rings. The van der Waals surface area contributed by atoms with Gasteiger partial charge < -0.3 is 15.6 Å². The zero-order chi connectivity index (χ0) is 16.4. The second kappa shape index (κ2) is 6.13. The number of carboxylic acid groups (broad SMARTS) is 1. The number of nitrogens with two attached hydrogens (primary N) is 1. The molecule has 0 aromatic heterocycles. The summed E-state index contributed by atoms with van der Waals surface area (Å²) in [5.41, 5.74) is 4.92. The SMILES string of the molecule is NC1(C(=O)O)CCN(Cc2ccccc2OC(F)(F)F)CC1. The molecule has 1 aliphatic heterocycles. The standard InChI is InChI=1S/C14H17F3N2O3/c15-14(16,17)22-11-4-2-1-3-10(11)9-19-7-5-13(18,6-8-19)12(20)21/h1-4H,5-9,18H2,(H,20,21). The number of carboxylic acids is 1. The van der Waals surface area contributed by atoms with E-state index in [4.69, 9.17) is 10.8 Å².